The summed E-state index contributed by atoms with van der Waals surface area (Å²) in [5.41, 5.74) is -0.186. The SMILES string of the molecule is Cn1ncc([N+](=O)[O-])c1N1CCC(NC(=O)O)CC(F)C1. The fourth-order valence-electron chi connectivity index (χ4n) is 2.56. The Morgan fingerprint density at radius 1 is 1.67 bits per heavy atom. The molecular formula is C11H16FN5O4. The lowest BCUT2D eigenvalue weighted by molar-refractivity contribution is -0.384. The summed E-state index contributed by atoms with van der Waals surface area (Å²) in [6, 6.07) is -0.505. The Morgan fingerprint density at radius 2 is 2.38 bits per heavy atom. The largest absolute Gasteiger partial charge is 0.465 e. The van der Waals surface area contributed by atoms with Crippen molar-refractivity contribution in [2.24, 2.45) is 7.05 Å². The van der Waals surface area contributed by atoms with Crippen LogP contribution in [-0.4, -0.2) is 51.2 Å². The van der Waals surface area contributed by atoms with Gasteiger partial charge in [-0.25, -0.2) is 13.9 Å². The van der Waals surface area contributed by atoms with Gasteiger partial charge in [-0.2, -0.15) is 5.10 Å². The van der Waals surface area contributed by atoms with Gasteiger partial charge in [0.15, 0.2) is 0 Å². The number of alkyl halides is 1. The summed E-state index contributed by atoms with van der Waals surface area (Å²) >= 11 is 0. The predicted molar refractivity (Wildman–Crippen MR) is 71.2 cm³/mol. The van der Waals surface area contributed by atoms with Gasteiger partial charge in [0.2, 0.25) is 5.82 Å². The average molecular weight is 301 g/mol. The Kier molecular flexibility index (Phi) is 4.24. The summed E-state index contributed by atoms with van der Waals surface area (Å²) in [5.74, 6) is 0.235. The topological polar surface area (TPSA) is 114 Å². The molecule has 1 aliphatic heterocycles. The van der Waals surface area contributed by atoms with E-state index in [0.29, 0.717) is 13.0 Å². The third-order valence-electron chi connectivity index (χ3n) is 3.42. The smallest absolute Gasteiger partial charge is 0.404 e. The van der Waals surface area contributed by atoms with Crippen molar-refractivity contribution < 1.29 is 19.2 Å². The number of nitrogens with zero attached hydrogens (tertiary/aromatic N) is 4. The van der Waals surface area contributed by atoms with Gasteiger partial charge < -0.3 is 15.3 Å². The highest BCUT2D eigenvalue weighted by atomic mass is 19.1. The molecule has 2 atom stereocenters. The Hall–Kier alpha value is -2.39. The van der Waals surface area contributed by atoms with E-state index in [2.05, 4.69) is 10.4 Å². The van der Waals surface area contributed by atoms with Gasteiger partial charge in [-0.15, -0.1) is 0 Å². The van der Waals surface area contributed by atoms with Gasteiger partial charge in [0.1, 0.15) is 12.4 Å². The van der Waals surface area contributed by atoms with Crippen LogP contribution >= 0.6 is 0 Å². The normalized spacial score (nSPS) is 22.7. The fourth-order valence-corrected chi connectivity index (χ4v) is 2.56. The second kappa shape index (κ2) is 5.94. The van der Waals surface area contributed by atoms with Gasteiger partial charge in [-0.3, -0.25) is 10.1 Å². The maximum absolute atomic E-state index is 14.0. The molecule has 0 spiro atoms. The molecule has 21 heavy (non-hydrogen) atoms. The maximum Gasteiger partial charge on any atom is 0.404 e. The number of carboxylic acid groups (broad SMARTS) is 1. The molecule has 9 nitrogen and oxygen atoms in total. The number of aromatic nitrogens is 2. The van der Waals surface area contributed by atoms with Crippen molar-refractivity contribution in [3.05, 3.63) is 16.3 Å². The van der Waals surface area contributed by atoms with Gasteiger partial charge in [0, 0.05) is 26.1 Å². The second-order valence-electron chi connectivity index (χ2n) is 4.95. The Morgan fingerprint density at radius 3 is 3.00 bits per heavy atom. The van der Waals surface area contributed by atoms with Gasteiger partial charge in [-0.05, 0) is 6.42 Å². The maximum atomic E-state index is 14.0. The quantitative estimate of drug-likeness (QED) is 0.633. The van der Waals surface area contributed by atoms with E-state index in [0.717, 1.165) is 6.20 Å². The van der Waals surface area contributed by atoms with E-state index in [1.165, 1.54) is 4.68 Å². The van der Waals surface area contributed by atoms with Crippen LogP contribution in [0.4, 0.5) is 20.7 Å². The molecule has 1 aromatic rings. The molecule has 1 saturated heterocycles. The summed E-state index contributed by atoms with van der Waals surface area (Å²) in [4.78, 5) is 22.6. The molecule has 0 saturated carbocycles. The zero-order chi connectivity index (χ0) is 15.6. The first-order chi connectivity index (χ1) is 9.88. The molecule has 0 radical (unpaired) electrons. The minimum Gasteiger partial charge on any atom is -0.465 e. The first kappa shape index (κ1) is 15.0. The highest BCUT2D eigenvalue weighted by Crippen LogP contribution is 2.29. The number of hydrogen-bond acceptors (Lipinski definition) is 5. The standard InChI is InChI=1S/C11H16FN5O4/c1-15-10(9(5-13-15)17(20)21)16-3-2-8(14-11(18)19)4-7(12)6-16/h5,7-8,14H,2-4,6H2,1H3,(H,18,19). The third-order valence-corrected chi connectivity index (χ3v) is 3.42. The number of nitro groups is 1. The van der Waals surface area contributed by atoms with Crippen LogP contribution < -0.4 is 10.2 Å². The van der Waals surface area contributed by atoms with Crippen molar-refractivity contribution in [3.8, 4) is 0 Å². The molecular weight excluding hydrogens is 285 g/mol. The first-order valence-electron chi connectivity index (χ1n) is 6.43. The van der Waals surface area contributed by atoms with Crippen molar-refractivity contribution in [2.75, 3.05) is 18.0 Å². The predicted octanol–water partition coefficient (Wildman–Crippen LogP) is 0.903. The lowest BCUT2D eigenvalue weighted by atomic mass is 10.1. The third kappa shape index (κ3) is 3.38. The summed E-state index contributed by atoms with van der Waals surface area (Å²) in [7, 11) is 1.55. The molecule has 1 fully saturated rings. The number of carbonyl (C=O) groups is 1. The molecule has 0 aliphatic carbocycles. The zero-order valence-corrected chi connectivity index (χ0v) is 11.4. The fraction of sp³-hybridized carbons (Fsp3) is 0.636. The number of rotatable bonds is 3. The van der Waals surface area contributed by atoms with Crippen molar-refractivity contribution in [1.29, 1.82) is 0 Å². The van der Waals surface area contributed by atoms with Gasteiger partial charge in [0.05, 0.1) is 11.5 Å². The van der Waals surface area contributed by atoms with E-state index in [1.54, 1.807) is 11.9 Å². The van der Waals surface area contributed by atoms with Crippen LogP contribution in [0.15, 0.2) is 6.20 Å². The number of halogens is 1. The number of hydrogen-bond donors (Lipinski definition) is 2. The Bertz CT molecular complexity index is 549. The van der Waals surface area contributed by atoms with Crippen molar-refractivity contribution >= 4 is 17.6 Å². The number of nitrogens with one attached hydrogen (secondary N) is 1. The molecule has 1 aliphatic rings. The molecule has 0 bridgehead atoms. The first-order valence-corrected chi connectivity index (χ1v) is 6.43. The van der Waals surface area contributed by atoms with Crippen molar-refractivity contribution in [3.63, 3.8) is 0 Å². The van der Waals surface area contributed by atoms with E-state index in [1.807, 2.05) is 0 Å². The summed E-state index contributed by atoms with van der Waals surface area (Å²) in [5, 5.41) is 25.8. The number of aryl methyl sites for hydroxylation is 1. The van der Waals surface area contributed by atoms with Crippen molar-refractivity contribution in [1.82, 2.24) is 15.1 Å². The van der Waals surface area contributed by atoms with Gasteiger partial charge in [0.25, 0.3) is 0 Å². The zero-order valence-electron chi connectivity index (χ0n) is 11.4. The lowest BCUT2D eigenvalue weighted by Gasteiger charge is -2.22. The molecule has 2 rings (SSSR count). The molecule has 1 amide bonds. The van der Waals surface area contributed by atoms with E-state index in [9.17, 15) is 19.3 Å². The van der Waals surface area contributed by atoms with Crippen LogP contribution in [0.25, 0.3) is 0 Å². The van der Waals surface area contributed by atoms with E-state index < -0.39 is 23.2 Å². The van der Waals surface area contributed by atoms with Crippen LogP contribution in [0, 0.1) is 10.1 Å². The second-order valence-corrected chi connectivity index (χ2v) is 4.95. The molecule has 10 heteroatoms. The van der Waals surface area contributed by atoms with Crippen LogP contribution in [0.5, 0.6) is 0 Å². The van der Waals surface area contributed by atoms with E-state index in [4.69, 9.17) is 5.11 Å². The van der Waals surface area contributed by atoms with Gasteiger partial charge in [-0.1, -0.05) is 0 Å². The minimum absolute atomic E-state index is 0.0296. The molecule has 1 aromatic heterocycles. The molecule has 2 N–H and O–H groups in total. The summed E-state index contributed by atoms with van der Waals surface area (Å²) < 4.78 is 15.3. The number of anilines is 1. The minimum atomic E-state index is -1.28. The molecule has 2 unspecified atom stereocenters. The highest BCUT2D eigenvalue weighted by Gasteiger charge is 2.31. The number of amides is 1. The van der Waals surface area contributed by atoms with Crippen LogP contribution in [0.3, 0.4) is 0 Å². The summed E-state index contributed by atoms with van der Waals surface area (Å²) in [6.45, 7) is 0.282. The van der Waals surface area contributed by atoms with Crippen LogP contribution in [-0.2, 0) is 7.05 Å². The highest BCUT2D eigenvalue weighted by molar-refractivity contribution is 5.65. The molecule has 116 valence electrons. The van der Waals surface area contributed by atoms with E-state index >= 15 is 0 Å². The van der Waals surface area contributed by atoms with Gasteiger partial charge >= 0.3 is 11.8 Å². The summed E-state index contributed by atoms with van der Waals surface area (Å²) in [6.07, 6.45) is -0.935. The average Bonchev–Trinajstić information content (AvgIpc) is 2.66. The Labute approximate surface area is 119 Å². The van der Waals surface area contributed by atoms with Crippen LogP contribution in [0.2, 0.25) is 0 Å². The van der Waals surface area contributed by atoms with Crippen LogP contribution in [0.1, 0.15) is 12.8 Å². The lowest BCUT2D eigenvalue weighted by Crippen LogP contribution is -2.35. The Balaban J connectivity index is 2.20. The molecule has 0 aromatic carbocycles. The van der Waals surface area contributed by atoms with E-state index in [-0.39, 0.29) is 24.5 Å². The monoisotopic (exact) mass is 301 g/mol. The van der Waals surface area contributed by atoms with Crippen molar-refractivity contribution in [2.45, 2.75) is 25.1 Å². The molecule has 2 heterocycles.